The number of nitrogens with zero attached hydrogens (tertiary/aromatic N) is 1. The van der Waals surface area contributed by atoms with Gasteiger partial charge in [-0.25, -0.2) is 5.43 Å². The lowest BCUT2D eigenvalue weighted by atomic mass is 9.99. The van der Waals surface area contributed by atoms with Gasteiger partial charge in [0.2, 0.25) is 0 Å². The Kier molecular flexibility index (Phi) is 8.88. The molecular formula is C27H30N2O4. The number of carbonyl (C=O) groups is 1. The highest BCUT2D eigenvalue weighted by Crippen LogP contribution is 2.28. The van der Waals surface area contributed by atoms with Crippen molar-refractivity contribution in [1.82, 2.24) is 5.43 Å². The molecular weight excluding hydrogens is 416 g/mol. The van der Waals surface area contributed by atoms with Crippen LogP contribution in [-0.4, -0.2) is 25.8 Å². The molecule has 0 aliphatic carbocycles. The van der Waals surface area contributed by atoms with Crippen molar-refractivity contribution >= 4 is 12.1 Å². The van der Waals surface area contributed by atoms with Gasteiger partial charge in [-0.15, -0.1) is 0 Å². The molecule has 1 unspecified atom stereocenters. The third kappa shape index (κ3) is 7.38. The highest BCUT2D eigenvalue weighted by Gasteiger charge is 2.07. The Bertz CT molecular complexity index is 1050. The van der Waals surface area contributed by atoms with Crippen molar-refractivity contribution in [2.24, 2.45) is 5.10 Å². The maximum Gasteiger partial charge on any atom is 0.277 e. The molecule has 0 fully saturated rings. The summed E-state index contributed by atoms with van der Waals surface area (Å²) >= 11 is 0. The number of hydrogen-bond acceptors (Lipinski definition) is 5. The fraction of sp³-hybridized carbons (Fsp3) is 0.259. The van der Waals surface area contributed by atoms with Crippen molar-refractivity contribution in [1.29, 1.82) is 0 Å². The summed E-state index contributed by atoms with van der Waals surface area (Å²) in [5.41, 5.74) is 5.56. The van der Waals surface area contributed by atoms with Crippen LogP contribution >= 0.6 is 0 Å². The lowest BCUT2D eigenvalue weighted by Gasteiger charge is -2.11. The van der Waals surface area contributed by atoms with Gasteiger partial charge in [-0.05, 0) is 59.4 Å². The molecule has 1 N–H and O–H groups in total. The molecule has 0 aliphatic rings. The summed E-state index contributed by atoms with van der Waals surface area (Å²) < 4.78 is 16.8. The van der Waals surface area contributed by atoms with Gasteiger partial charge in [0.05, 0.1) is 13.3 Å². The van der Waals surface area contributed by atoms with E-state index in [1.165, 1.54) is 5.56 Å². The van der Waals surface area contributed by atoms with Gasteiger partial charge in [0, 0.05) is 0 Å². The van der Waals surface area contributed by atoms with Crippen molar-refractivity contribution in [2.75, 3.05) is 13.7 Å². The average molecular weight is 447 g/mol. The van der Waals surface area contributed by atoms with Gasteiger partial charge < -0.3 is 14.2 Å². The topological polar surface area (TPSA) is 69.2 Å². The molecule has 0 aliphatic heterocycles. The van der Waals surface area contributed by atoms with Gasteiger partial charge in [0.15, 0.2) is 18.1 Å². The molecule has 1 atom stereocenters. The predicted molar refractivity (Wildman–Crippen MR) is 130 cm³/mol. The van der Waals surface area contributed by atoms with Crippen LogP contribution in [0.5, 0.6) is 17.2 Å². The van der Waals surface area contributed by atoms with E-state index in [4.69, 9.17) is 14.2 Å². The summed E-state index contributed by atoms with van der Waals surface area (Å²) in [5, 5.41) is 4.00. The third-order valence-corrected chi connectivity index (χ3v) is 5.26. The van der Waals surface area contributed by atoms with Crippen LogP contribution in [0.15, 0.2) is 77.9 Å². The second kappa shape index (κ2) is 12.3. The first-order chi connectivity index (χ1) is 16.1. The van der Waals surface area contributed by atoms with Gasteiger partial charge >= 0.3 is 0 Å². The normalized spacial score (nSPS) is 11.7. The minimum absolute atomic E-state index is 0.115. The number of ether oxygens (including phenoxy) is 3. The number of methoxy groups -OCH3 is 1. The van der Waals surface area contributed by atoms with Gasteiger partial charge in [0.1, 0.15) is 12.4 Å². The Balaban J connectivity index is 1.48. The first-order valence-electron chi connectivity index (χ1n) is 11.0. The highest BCUT2D eigenvalue weighted by atomic mass is 16.5. The zero-order chi connectivity index (χ0) is 23.5. The maximum absolute atomic E-state index is 12.0. The molecule has 3 rings (SSSR count). The largest absolute Gasteiger partial charge is 0.493 e. The van der Waals surface area contributed by atoms with Crippen molar-refractivity contribution in [3.8, 4) is 17.2 Å². The smallest absolute Gasteiger partial charge is 0.277 e. The average Bonchev–Trinajstić information content (AvgIpc) is 2.87. The number of nitrogens with one attached hydrogen (secondary N) is 1. The van der Waals surface area contributed by atoms with Crippen LogP contribution < -0.4 is 19.6 Å². The number of benzene rings is 3. The molecule has 0 spiro atoms. The summed E-state index contributed by atoms with van der Waals surface area (Å²) in [7, 11) is 1.58. The van der Waals surface area contributed by atoms with Crippen molar-refractivity contribution in [2.45, 2.75) is 32.8 Å². The molecule has 172 valence electrons. The Morgan fingerprint density at radius 3 is 2.45 bits per heavy atom. The summed E-state index contributed by atoms with van der Waals surface area (Å²) in [4.78, 5) is 12.0. The van der Waals surface area contributed by atoms with E-state index in [1.807, 2.05) is 66.7 Å². The van der Waals surface area contributed by atoms with E-state index in [1.54, 1.807) is 19.4 Å². The number of hydrazone groups is 1. The molecule has 3 aromatic carbocycles. The Morgan fingerprint density at radius 1 is 1.00 bits per heavy atom. The zero-order valence-corrected chi connectivity index (χ0v) is 19.3. The van der Waals surface area contributed by atoms with Gasteiger partial charge in [-0.2, -0.15) is 5.10 Å². The number of hydrogen-bond donors (Lipinski definition) is 1. The Labute approximate surface area is 195 Å². The standard InChI is InChI=1S/C27H30N2O4/c1-4-20(2)23-11-13-24(14-12-23)32-19-27(30)29-28-17-22-10-15-25(26(16-22)31-3)33-18-21-8-6-5-7-9-21/h5-17,20H,4,18-19H2,1-3H3,(H,29,30). The van der Waals surface area contributed by atoms with E-state index < -0.39 is 0 Å². The van der Waals surface area contributed by atoms with Crippen LogP contribution in [0.1, 0.15) is 42.9 Å². The molecule has 0 heterocycles. The minimum Gasteiger partial charge on any atom is -0.493 e. The lowest BCUT2D eigenvalue weighted by molar-refractivity contribution is -0.123. The van der Waals surface area contributed by atoms with Crippen molar-refractivity contribution in [3.05, 3.63) is 89.5 Å². The number of rotatable bonds is 11. The first kappa shape index (κ1) is 23.9. The molecule has 0 saturated heterocycles. The SMILES string of the molecule is CCC(C)c1ccc(OCC(=O)NN=Cc2ccc(OCc3ccccc3)c(OC)c2)cc1. The molecule has 1 amide bonds. The van der Waals surface area contributed by atoms with Crippen LogP contribution in [-0.2, 0) is 11.4 Å². The van der Waals surface area contributed by atoms with Gasteiger partial charge in [0.25, 0.3) is 5.91 Å². The predicted octanol–water partition coefficient (Wildman–Crippen LogP) is 5.32. The van der Waals surface area contributed by atoms with Crippen LogP contribution in [0.4, 0.5) is 0 Å². The second-order valence-corrected chi connectivity index (χ2v) is 7.64. The third-order valence-electron chi connectivity index (χ3n) is 5.26. The maximum atomic E-state index is 12.0. The first-order valence-corrected chi connectivity index (χ1v) is 11.0. The quantitative estimate of drug-likeness (QED) is 0.320. The van der Waals surface area contributed by atoms with Crippen LogP contribution in [0.3, 0.4) is 0 Å². The Hall–Kier alpha value is -3.80. The fourth-order valence-electron chi connectivity index (χ4n) is 3.11. The van der Waals surface area contributed by atoms with E-state index in [0.29, 0.717) is 29.8 Å². The molecule has 0 aromatic heterocycles. The molecule has 6 nitrogen and oxygen atoms in total. The van der Waals surface area contributed by atoms with E-state index in [2.05, 4.69) is 24.4 Å². The molecule has 0 saturated carbocycles. The summed E-state index contributed by atoms with van der Waals surface area (Å²) in [6.45, 7) is 4.67. The van der Waals surface area contributed by atoms with Crippen LogP contribution in [0, 0.1) is 0 Å². The van der Waals surface area contributed by atoms with Gasteiger partial charge in [-0.3, -0.25) is 4.79 Å². The van der Waals surface area contributed by atoms with Crippen LogP contribution in [0.25, 0.3) is 0 Å². The molecule has 0 radical (unpaired) electrons. The second-order valence-electron chi connectivity index (χ2n) is 7.64. The van der Waals surface area contributed by atoms with E-state index in [9.17, 15) is 4.79 Å². The minimum atomic E-state index is -0.341. The highest BCUT2D eigenvalue weighted by molar-refractivity contribution is 5.83. The lowest BCUT2D eigenvalue weighted by Crippen LogP contribution is -2.24. The van der Waals surface area contributed by atoms with E-state index in [0.717, 1.165) is 17.5 Å². The summed E-state index contributed by atoms with van der Waals surface area (Å²) in [6, 6.07) is 23.2. The summed E-state index contributed by atoms with van der Waals surface area (Å²) in [6.07, 6.45) is 2.62. The number of amides is 1. The Morgan fingerprint density at radius 2 is 1.76 bits per heavy atom. The monoisotopic (exact) mass is 446 g/mol. The molecule has 0 bridgehead atoms. The summed E-state index contributed by atoms with van der Waals surface area (Å²) in [5.74, 6) is 2.03. The fourth-order valence-corrected chi connectivity index (χ4v) is 3.11. The van der Waals surface area contributed by atoms with E-state index in [-0.39, 0.29) is 12.5 Å². The molecule has 33 heavy (non-hydrogen) atoms. The molecule has 6 heteroatoms. The van der Waals surface area contributed by atoms with E-state index >= 15 is 0 Å². The van der Waals surface area contributed by atoms with Crippen molar-refractivity contribution < 1.29 is 19.0 Å². The zero-order valence-electron chi connectivity index (χ0n) is 19.3. The van der Waals surface area contributed by atoms with Gasteiger partial charge in [-0.1, -0.05) is 56.3 Å². The van der Waals surface area contributed by atoms with Crippen molar-refractivity contribution in [3.63, 3.8) is 0 Å². The number of carbonyl (C=O) groups excluding carboxylic acids is 1. The van der Waals surface area contributed by atoms with Crippen LogP contribution in [0.2, 0.25) is 0 Å². The molecule has 3 aromatic rings.